The summed E-state index contributed by atoms with van der Waals surface area (Å²) < 4.78 is 1.02. The molecule has 1 saturated heterocycles. The molecule has 0 amide bonds. The highest BCUT2D eigenvalue weighted by Gasteiger charge is 2.13. The maximum Gasteiger partial charge on any atom is 0.265 e. The van der Waals surface area contributed by atoms with E-state index in [4.69, 9.17) is 0 Å². The third kappa shape index (κ3) is 1.26. The van der Waals surface area contributed by atoms with Gasteiger partial charge in [-0.05, 0) is 6.42 Å². The van der Waals surface area contributed by atoms with Gasteiger partial charge >= 0.3 is 0 Å². The van der Waals surface area contributed by atoms with Gasteiger partial charge in [0.05, 0.1) is 0 Å². The Bertz CT molecular complexity index is 72.1. The third-order valence-electron chi connectivity index (χ3n) is 1.17. The van der Waals surface area contributed by atoms with Crippen molar-refractivity contribution in [3.63, 3.8) is 0 Å². The molecular formula is C5H9NO+. The summed E-state index contributed by atoms with van der Waals surface area (Å²) in [6.07, 6.45) is 3.24. The predicted molar refractivity (Wildman–Crippen MR) is 26.6 cm³/mol. The van der Waals surface area contributed by atoms with E-state index in [2.05, 4.69) is 0 Å². The molecule has 1 heterocycles. The lowest BCUT2D eigenvalue weighted by atomic mass is 10.2. The smallest absolute Gasteiger partial charge is 0.0404 e. The lowest BCUT2D eigenvalue weighted by molar-refractivity contribution is -0.518. The zero-order chi connectivity index (χ0) is 5.11. The molecule has 0 aromatic carbocycles. The van der Waals surface area contributed by atoms with Crippen molar-refractivity contribution in [1.29, 1.82) is 0 Å². The van der Waals surface area contributed by atoms with Gasteiger partial charge in [0.2, 0.25) is 0 Å². The van der Waals surface area contributed by atoms with Gasteiger partial charge in [0.25, 0.3) is 6.54 Å². The summed E-state index contributed by atoms with van der Waals surface area (Å²) in [6.45, 7) is 2.42. The fourth-order valence-electron chi connectivity index (χ4n) is 0.739. The first-order valence-electron chi connectivity index (χ1n) is 2.67. The minimum atomic E-state index is 0.708. The van der Waals surface area contributed by atoms with Gasteiger partial charge < -0.3 is 0 Å². The number of hydrogen-bond acceptors (Lipinski definition) is 1. The second kappa shape index (κ2) is 2.05. The first-order valence-corrected chi connectivity index (χ1v) is 2.67. The number of nitrogens with zero attached hydrogens (tertiary/aromatic N) is 1. The summed E-state index contributed by atoms with van der Waals surface area (Å²) in [5, 5.41) is 0. The van der Waals surface area contributed by atoms with Gasteiger partial charge in [0.15, 0.2) is 6.54 Å². The molecule has 39 valence electrons. The molecule has 0 aromatic rings. The van der Waals surface area contributed by atoms with Gasteiger partial charge in [0.1, 0.15) is 0 Å². The van der Waals surface area contributed by atoms with Gasteiger partial charge in [0, 0.05) is 22.5 Å². The Kier molecular flexibility index (Phi) is 1.39. The van der Waals surface area contributed by atoms with Crippen molar-refractivity contribution >= 4 is 0 Å². The Balaban J connectivity index is 2.25. The van der Waals surface area contributed by atoms with Crippen molar-refractivity contribution in [2.24, 2.45) is 0 Å². The molecule has 0 bridgehead atoms. The van der Waals surface area contributed by atoms with E-state index in [0.717, 1.165) is 17.6 Å². The van der Waals surface area contributed by atoms with Gasteiger partial charge in [-0.15, -0.1) is 0 Å². The topological polar surface area (TPSA) is 20.1 Å². The van der Waals surface area contributed by atoms with Crippen LogP contribution in [0.25, 0.3) is 0 Å². The fourth-order valence-corrected chi connectivity index (χ4v) is 0.739. The molecule has 0 aliphatic carbocycles. The SMILES string of the molecule is O=[N+]1[CH]CCCC1. The van der Waals surface area contributed by atoms with Gasteiger partial charge in [-0.3, -0.25) is 0 Å². The van der Waals surface area contributed by atoms with Crippen LogP contribution in [0.15, 0.2) is 0 Å². The molecule has 7 heavy (non-hydrogen) atoms. The minimum Gasteiger partial charge on any atom is -0.0404 e. The van der Waals surface area contributed by atoms with Crippen molar-refractivity contribution in [3.05, 3.63) is 11.5 Å². The first-order chi connectivity index (χ1) is 3.39. The summed E-state index contributed by atoms with van der Waals surface area (Å²) in [5.41, 5.74) is 0. The van der Waals surface area contributed by atoms with E-state index in [1.54, 1.807) is 6.54 Å². The molecule has 0 spiro atoms. The number of nitroso groups, excluding NO2 is 1. The molecule has 0 saturated carbocycles. The normalized spacial score (nSPS) is 22.6. The molecule has 1 fully saturated rings. The largest absolute Gasteiger partial charge is 0.265 e. The van der Waals surface area contributed by atoms with E-state index in [1.807, 2.05) is 0 Å². The average Bonchev–Trinajstić information content (AvgIpc) is 1.69. The lowest BCUT2D eigenvalue weighted by Crippen LogP contribution is -2.11. The zero-order valence-corrected chi connectivity index (χ0v) is 4.26. The highest BCUT2D eigenvalue weighted by Crippen LogP contribution is 2.05. The van der Waals surface area contributed by atoms with Gasteiger partial charge in [-0.25, -0.2) is 0 Å². The van der Waals surface area contributed by atoms with Crippen LogP contribution in [0.2, 0.25) is 0 Å². The van der Waals surface area contributed by atoms with E-state index in [1.165, 1.54) is 6.42 Å². The van der Waals surface area contributed by atoms with E-state index >= 15 is 0 Å². The highest BCUT2D eigenvalue weighted by atomic mass is 16.3. The monoisotopic (exact) mass is 99.1 g/mol. The lowest BCUT2D eigenvalue weighted by Gasteiger charge is -1.97. The molecule has 1 radical (unpaired) electrons. The molecule has 1 rings (SSSR count). The van der Waals surface area contributed by atoms with Crippen LogP contribution in [-0.2, 0) is 0 Å². The van der Waals surface area contributed by atoms with Crippen LogP contribution >= 0.6 is 0 Å². The van der Waals surface area contributed by atoms with Gasteiger partial charge in [-0.2, -0.15) is 0 Å². The maximum absolute atomic E-state index is 10.3. The molecule has 1 aliphatic rings. The predicted octanol–water partition coefficient (Wildman–Crippen LogP) is 1.11. The van der Waals surface area contributed by atoms with Crippen molar-refractivity contribution in [2.75, 3.05) is 6.54 Å². The standard InChI is InChI=1S/C5H9NO/c7-6-4-2-1-3-5-6/h4H,1-3,5H2/q+1. The minimum absolute atomic E-state index is 0.708. The second-order valence-corrected chi connectivity index (χ2v) is 1.82. The Labute approximate surface area is 43.1 Å². The molecule has 0 N–H and O–H groups in total. The van der Waals surface area contributed by atoms with Crippen LogP contribution in [0.5, 0.6) is 0 Å². The Morgan fingerprint density at radius 1 is 1.43 bits per heavy atom. The van der Waals surface area contributed by atoms with Crippen LogP contribution in [-0.4, -0.2) is 11.3 Å². The van der Waals surface area contributed by atoms with E-state index in [-0.39, 0.29) is 0 Å². The van der Waals surface area contributed by atoms with Crippen LogP contribution in [0.4, 0.5) is 0 Å². The van der Waals surface area contributed by atoms with Crippen LogP contribution < -0.4 is 0 Å². The van der Waals surface area contributed by atoms with E-state index in [0.29, 0.717) is 6.54 Å². The number of hydrogen-bond donors (Lipinski definition) is 0. The summed E-state index contributed by atoms with van der Waals surface area (Å²) in [6, 6.07) is 0. The molecule has 2 heteroatoms. The van der Waals surface area contributed by atoms with Crippen molar-refractivity contribution in [2.45, 2.75) is 19.3 Å². The van der Waals surface area contributed by atoms with Gasteiger partial charge in [-0.1, -0.05) is 0 Å². The highest BCUT2D eigenvalue weighted by molar-refractivity contribution is 4.54. The maximum atomic E-state index is 10.3. The quantitative estimate of drug-likeness (QED) is 0.416. The molecule has 0 unspecified atom stereocenters. The Morgan fingerprint density at radius 2 is 2.29 bits per heavy atom. The number of piperidine rings is 1. The second-order valence-electron chi connectivity index (χ2n) is 1.82. The molecular weight excluding hydrogens is 90.1 g/mol. The zero-order valence-electron chi connectivity index (χ0n) is 4.26. The molecule has 0 atom stereocenters. The summed E-state index contributed by atoms with van der Waals surface area (Å²) in [7, 11) is 0. The molecule has 0 aromatic heterocycles. The van der Waals surface area contributed by atoms with E-state index in [9.17, 15) is 4.91 Å². The Morgan fingerprint density at radius 3 is 2.57 bits per heavy atom. The summed E-state index contributed by atoms with van der Waals surface area (Å²) in [5.74, 6) is 0. The Hall–Kier alpha value is -0.400. The van der Waals surface area contributed by atoms with Crippen LogP contribution in [0.1, 0.15) is 19.3 Å². The fraction of sp³-hybridized carbons (Fsp3) is 0.800. The summed E-state index contributed by atoms with van der Waals surface area (Å²) >= 11 is 0. The van der Waals surface area contributed by atoms with E-state index < -0.39 is 0 Å². The third-order valence-corrected chi connectivity index (χ3v) is 1.17. The first kappa shape index (κ1) is 4.75. The molecule has 1 aliphatic heterocycles. The average molecular weight is 99.1 g/mol. The van der Waals surface area contributed by atoms with Crippen molar-refractivity contribution < 1.29 is 4.76 Å². The van der Waals surface area contributed by atoms with Crippen LogP contribution in [0, 0.1) is 11.5 Å². The number of rotatable bonds is 0. The summed E-state index contributed by atoms with van der Waals surface area (Å²) in [4.78, 5) is 10.3. The van der Waals surface area contributed by atoms with Crippen molar-refractivity contribution in [3.8, 4) is 0 Å². The van der Waals surface area contributed by atoms with Crippen LogP contribution in [0.3, 0.4) is 0 Å². The molecule has 2 nitrogen and oxygen atoms in total. The van der Waals surface area contributed by atoms with Crippen molar-refractivity contribution in [1.82, 2.24) is 0 Å².